The Morgan fingerprint density at radius 2 is 1.88 bits per heavy atom. The smallest absolute Gasteiger partial charge is 0.243 e. The summed E-state index contributed by atoms with van der Waals surface area (Å²) in [6, 6.07) is 10.6. The highest BCUT2D eigenvalue weighted by Crippen LogP contribution is 2.30. The van der Waals surface area contributed by atoms with E-state index in [1.807, 2.05) is 13.8 Å². The number of thioether (sulfide) groups is 1. The normalized spacial score (nSPS) is 15.0. The minimum atomic E-state index is -3.71. The molecule has 174 valence electrons. The number of hydrogen-bond acceptors (Lipinski definition) is 6. The maximum Gasteiger partial charge on any atom is 0.243 e. The number of nitrogens with zero attached hydrogens (tertiary/aromatic N) is 1. The molecule has 0 aromatic heterocycles. The molecule has 0 unspecified atom stereocenters. The lowest BCUT2D eigenvalue weighted by atomic mass is 10.2. The number of benzene rings is 2. The average Bonchev–Trinajstić information content (AvgIpc) is 2.76. The maximum atomic E-state index is 13.0. The van der Waals surface area contributed by atoms with Gasteiger partial charge in [-0.2, -0.15) is 4.31 Å². The van der Waals surface area contributed by atoms with Crippen molar-refractivity contribution in [2.45, 2.75) is 30.6 Å². The van der Waals surface area contributed by atoms with Crippen LogP contribution in [0.3, 0.4) is 0 Å². The van der Waals surface area contributed by atoms with E-state index in [-0.39, 0.29) is 41.6 Å². The number of morpholine rings is 1. The van der Waals surface area contributed by atoms with E-state index in [0.717, 1.165) is 5.56 Å². The first-order valence-corrected chi connectivity index (χ1v) is 12.9. The number of amides is 1. The molecule has 0 saturated carbocycles. The highest BCUT2D eigenvalue weighted by Gasteiger charge is 2.27. The van der Waals surface area contributed by atoms with Crippen LogP contribution in [0.1, 0.15) is 19.4 Å². The fraction of sp³-hybridized carbons (Fsp3) is 0.409. The minimum absolute atomic E-state index is 0.0878. The van der Waals surface area contributed by atoms with Gasteiger partial charge in [-0.1, -0.05) is 12.1 Å². The van der Waals surface area contributed by atoms with Gasteiger partial charge in [-0.15, -0.1) is 11.8 Å². The number of ether oxygens (including phenoxy) is 2. The number of carbonyl (C=O) groups excluding carboxylic acids is 1. The van der Waals surface area contributed by atoms with Crippen molar-refractivity contribution in [2.75, 3.05) is 37.4 Å². The zero-order chi connectivity index (χ0) is 23.1. The van der Waals surface area contributed by atoms with Gasteiger partial charge in [-0.05, 0) is 49.7 Å². The van der Waals surface area contributed by atoms with Crippen LogP contribution in [-0.4, -0.2) is 56.8 Å². The van der Waals surface area contributed by atoms with Gasteiger partial charge in [-0.25, -0.2) is 12.8 Å². The number of halogens is 1. The van der Waals surface area contributed by atoms with Crippen LogP contribution in [0.5, 0.6) is 5.75 Å². The van der Waals surface area contributed by atoms with Gasteiger partial charge in [-0.3, -0.25) is 4.79 Å². The summed E-state index contributed by atoms with van der Waals surface area (Å²) >= 11 is 1.38. The Hall–Kier alpha value is -2.14. The first kappa shape index (κ1) is 24.5. The molecule has 0 bridgehead atoms. The van der Waals surface area contributed by atoms with Gasteiger partial charge in [0.25, 0.3) is 0 Å². The predicted octanol–water partition coefficient (Wildman–Crippen LogP) is 3.51. The summed E-state index contributed by atoms with van der Waals surface area (Å²) in [4.78, 5) is 12.6. The minimum Gasteiger partial charge on any atom is -0.489 e. The third-order valence-corrected chi connectivity index (χ3v) is 7.51. The summed E-state index contributed by atoms with van der Waals surface area (Å²) in [7, 11) is -3.71. The van der Waals surface area contributed by atoms with E-state index >= 15 is 0 Å². The second-order valence-electron chi connectivity index (χ2n) is 7.51. The van der Waals surface area contributed by atoms with Crippen molar-refractivity contribution in [3.05, 3.63) is 53.8 Å². The molecule has 1 aliphatic heterocycles. The Labute approximate surface area is 192 Å². The summed E-state index contributed by atoms with van der Waals surface area (Å²) in [6.45, 7) is 4.97. The summed E-state index contributed by atoms with van der Waals surface area (Å²) in [5.41, 5.74) is 1.21. The van der Waals surface area contributed by atoms with E-state index in [9.17, 15) is 17.6 Å². The fourth-order valence-corrected chi connectivity index (χ4v) is 5.31. The van der Waals surface area contributed by atoms with Crippen molar-refractivity contribution >= 4 is 33.4 Å². The quantitative estimate of drug-likeness (QED) is 0.589. The summed E-state index contributed by atoms with van der Waals surface area (Å²) < 4.78 is 51.4. The van der Waals surface area contributed by atoms with Crippen molar-refractivity contribution in [2.24, 2.45) is 0 Å². The van der Waals surface area contributed by atoms with Crippen LogP contribution in [0.2, 0.25) is 0 Å². The molecule has 10 heteroatoms. The predicted molar refractivity (Wildman–Crippen MR) is 123 cm³/mol. The number of sulfonamides is 1. The van der Waals surface area contributed by atoms with Crippen LogP contribution in [0.25, 0.3) is 0 Å². The van der Waals surface area contributed by atoms with E-state index in [4.69, 9.17) is 9.47 Å². The van der Waals surface area contributed by atoms with Crippen molar-refractivity contribution in [3.8, 4) is 5.75 Å². The van der Waals surface area contributed by atoms with Crippen LogP contribution < -0.4 is 10.1 Å². The Morgan fingerprint density at radius 1 is 1.19 bits per heavy atom. The molecule has 0 radical (unpaired) electrons. The van der Waals surface area contributed by atoms with Crippen LogP contribution >= 0.6 is 11.8 Å². The van der Waals surface area contributed by atoms with Crippen molar-refractivity contribution in [3.63, 3.8) is 0 Å². The molecule has 32 heavy (non-hydrogen) atoms. The Kier molecular flexibility index (Phi) is 8.52. The largest absolute Gasteiger partial charge is 0.489 e. The molecule has 0 atom stereocenters. The van der Waals surface area contributed by atoms with Crippen molar-refractivity contribution in [1.82, 2.24) is 4.31 Å². The molecule has 2 aromatic rings. The molecule has 1 aliphatic rings. The van der Waals surface area contributed by atoms with Crippen LogP contribution in [-0.2, 0) is 25.3 Å². The lowest BCUT2D eigenvalue weighted by Gasteiger charge is -2.26. The number of rotatable bonds is 9. The molecule has 1 saturated heterocycles. The zero-order valence-electron chi connectivity index (χ0n) is 18.0. The van der Waals surface area contributed by atoms with Crippen LogP contribution in [0.15, 0.2) is 47.4 Å². The standard InChI is InChI=1S/C22H27FN2O5S2/c1-16(2)30-21-8-7-19(32(27,28)25-9-11-29-12-10-25)13-20(21)24-22(26)15-31-14-17-3-5-18(23)6-4-17/h3-8,13,16H,9-12,14-15H2,1-2H3,(H,24,26). The highest BCUT2D eigenvalue weighted by atomic mass is 32.2. The third-order valence-electron chi connectivity index (χ3n) is 4.61. The SMILES string of the molecule is CC(C)Oc1ccc(S(=O)(=O)N2CCOCC2)cc1NC(=O)CSCc1ccc(F)cc1. The van der Waals surface area contributed by atoms with Crippen LogP contribution in [0, 0.1) is 5.82 Å². The molecular formula is C22H27FN2O5S2. The second kappa shape index (κ2) is 11.1. The Bertz CT molecular complexity index is 1020. The summed E-state index contributed by atoms with van der Waals surface area (Å²) in [6.07, 6.45) is -0.153. The van der Waals surface area contributed by atoms with E-state index in [0.29, 0.717) is 30.4 Å². The monoisotopic (exact) mass is 482 g/mol. The molecule has 0 spiro atoms. The molecule has 1 N–H and O–H groups in total. The van der Waals surface area contributed by atoms with E-state index in [1.54, 1.807) is 18.2 Å². The number of hydrogen-bond donors (Lipinski definition) is 1. The zero-order valence-corrected chi connectivity index (χ0v) is 19.7. The molecule has 2 aromatic carbocycles. The summed E-state index contributed by atoms with van der Waals surface area (Å²) in [5, 5.41) is 2.77. The molecule has 1 amide bonds. The van der Waals surface area contributed by atoms with Gasteiger partial charge in [0.2, 0.25) is 15.9 Å². The van der Waals surface area contributed by atoms with E-state index in [1.165, 1.54) is 40.3 Å². The third kappa shape index (κ3) is 6.68. The van der Waals surface area contributed by atoms with E-state index in [2.05, 4.69) is 5.32 Å². The topological polar surface area (TPSA) is 84.9 Å². The maximum absolute atomic E-state index is 13.0. The summed E-state index contributed by atoms with van der Waals surface area (Å²) in [5.74, 6) is 0.513. The first-order valence-electron chi connectivity index (χ1n) is 10.3. The van der Waals surface area contributed by atoms with Crippen LogP contribution in [0.4, 0.5) is 10.1 Å². The van der Waals surface area contributed by atoms with Crippen molar-refractivity contribution in [1.29, 1.82) is 0 Å². The van der Waals surface area contributed by atoms with Gasteiger partial charge < -0.3 is 14.8 Å². The first-order chi connectivity index (χ1) is 15.3. The lowest BCUT2D eigenvalue weighted by Crippen LogP contribution is -2.40. The molecule has 1 heterocycles. The molecule has 1 fully saturated rings. The Morgan fingerprint density at radius 3 is 2.53 bits per heavy atom. The lowest BCUT2D eigenvalue weighted by molar-refractivity contribution is -0.113. The Balaban J connectivity index is 1.71. The number of anilines is 1. The number of nitrogens with one attached hydrogen (secondary N) is 1. The fourth-order valence-electron chi connectivity index (χ4n) is 3.09. The molecule has 7 nitrogen and oxygen atoms in total. The van der Waals surface area contributed by atoms with Gasteiger partial charge >= 0.3 is 0 Å². The van der Waals surface area contributed by atoms with Gasteiger partial charge in [0.15, 0.2) is 0 Å². The number of carbonyl (C=O) groups is 1. The van der Waals surface area contributed by atoms with Crippen molar-refractivity contribution < 1.29 is 27.1 Å². The highest BCUT2D eigenvalue weighted by molar-refractivity contribution is 7.99. The van der Waals surface area contributed by atoms with Gasteiger partial charge in [0, 0.05) is 18.8 Å². The van der Waals surface area contributed by atoms with Gasteiger partial charge in [0.05, 0.1) is 35.7 Å². The molecule has 3 rings (SSSR count). The van der Waals surface area contributed by atoms with Gasteiger partial charge in [0.1, 0.15) is 11.6 Å². The molecular weight excluding hydrogens is 455 g/mol. The average molecular weight is 483 g/mol. The second-order valence-corrected chi connectivity index (χ2v) is 10.4. The van der Waals surface area contributed by atoms with E-state index < -0.39 is 10.0 Å². The molecule has 0 aliphatic carbocycles.